The van der Waals surface area contributed by atoms with Crippen LogP contribution in [0.2, 0.25) is 10.2 Å². The predicted octanol–water partition coefficient (Wildman–Crippen LogP) is 1.93. The van der Waals surface area contributed by atoms with Crippen molar-refractivity contribution in [1.82, 2.24) is 9.97 Å². The van der Waals surface area contributed by atoms with Gasteiger partial charge in [-0.05, 0) is 0 Å². The minimum atomic E-state index is 0.258. The van der Waals surface area contributed by atoms with E-state index in [4.69, 9.17) is 27.9 Å². The molecule has 1 rings (SSSR count). The normalized spacial score (nSPS) is 10.1. The monoisotopic (exact) mass is 192 g/mol. The van der Waals surface area contributed by atoms with E-state index in [1.807, 2.05) is 0 Å². The van der Waals surface area contributed by atoms with Crippen LogP contribution in [0, 0.1) is 0 Å². The largest absolute Gasteiger partial charge is 0.377 e. The lowest BCUT2D eigenvalue weighted by atomic mass is 10.6. The van der Waals surface area contributed by atoms with E-state index in [9.17, 15) is 0 Å². The van der Waals surface area contributed by atoms with Crippen LogP contribution in [0.15, 0.2) is 6.20 Å². The fraction of sp³-hybridized carbons (Fsp3) is 0.333. The summed E-state index contributed by atoms with van der Waals surface area (Å²) in [6, 6.07) is 0. The van der Waals surface area contributed by atoms with Crippen molar-refractivity contribution in [3.8, 4) is 0 Å². The molecule has 11 heavy (non-hydrogen) atoms. The van der Waals surface area contributed by atoms with Crippen LogP contribution in [0.3, 0.4) is 0 Å². The highest BCUT2D eigenvalue weighted by molar-refractivity contribution is 6.41. The van der Waals surface area contributed by atoms with Gasteiger partial charge >= 0.3 is 0 Å². The number of methoxy groups -OCH3 is 1. The van der Waals surface area contributed by atoms with Gasteiger partial charge in [0, 0.05) is 7.11 Å². The molecule has 0 bridgehead atoms. The van der Waals surface area contributed by atoms with Crippen LogP contribution < -0.4 is 0 Å². The molecule has 60 valence electrons. The molecule has 0 amide bonds. The first-order chi connectivity index (χ1) is 5.24. The molecule has 0 saturated heterocycles. The molecule has 1 heterocycles. The topological polar surface area (TPSA) is 35.0 Å². The lowest BCUT2D eigenvalue weighted by molar-refractivity contribution is 0.178. The molecule has 0 fully saturated rings. The Bertz CT molecular complexity index is 254. The van der Waals surface area contributed by atoms with Crippen LogP contribution in [-0.2, 0) is 11.3 Å². The van der Waals surface area contributed by atoms with E-state index in [0.29, 0.717) is 17.5 Å². The van der Waals surface area contributed by atoms with Crippen LogP contribution in [-0.4, -0.2) is 17.1 Å². The van der Waals surface area contributed by atoms with E-state index in [1.54, 1.807) is 7.11 Å². The number of hydrogen-bond donors (Lipinski definition) is 0. The second kappa shape index (κ2) is 3.85. The number of rotatable bonds is 2. The molecule has 0 aliphatic rings. The molecule has 3 nitrogen and oxygen atoms in total. The first-order valence-electron chi connectivity index (χ1n) is 2.90. The second-order valence-electron chi connectivity index (χ2n) is 1.86. The molecule has 0 aliphatic carbocycles. The summed E-state index contributed by atoms with van der Waals surface area (Å²) >= 11 is 11.2. The van der Waals surface area contributed by atoms with Crippen LogP contribution in [0.1, 0.15) is 5.82 Å². The maximum atomic E-state index is 5.61. The zero-order chi connectivity index (χ0) is 8.27. The summed E-state index contributed by atoms with van der Waals surface area (Å²) in [4.78, 5) is 7.74. The summed E-state index contributed by atoms with van der Waals surface area (Å²) in [5.41, 5.74) is 0. The SMILES string of the molecule is COCc1ncc(Cl)c(Cl)n1. The molecular weight excluding hydrogens is 187 g/mol. The van der Waals surface area contributed by atoms with Crippen molar-refractivity contribution in [3.05, 3.63) is 22.2 Å². The third-order valence-electron chi connectivity index (χ3n) is 1.02. The predicted molar refractivity (Wildman–Crippen MR) is 42.8 cm³/mol. The minimum Gasteiger partial charge on any atom is -0.377 e. The minimum absolute atomic E-state index is 0.258. The zero-order valence-corrected chi connectivity index (χ0v) is 7.35. The lowest BCUT2D eigenvalue weighted by Gasteiger charge is -1.98. The van der Waals surface area contributed by atoms with Gasteiger partial charge in [-0.15, -0.1) is 0 Å². The number of ether oxygens (including phenoxy) is 1. The van der Waals surface area contributed by atoms with E-state index < -0.39 is 0 Å². The molecular formula is C6H6Cl2N2O. The Morgan fingerprint density at radius 3 is 2.82 bits per heavy atom. The van der Waals surface area contributed by atoms with Crippen LogP contribution in [0.5, 0.6) is 0 Å². The summed E-state index contributed by atoms with van der Waals surface area (Å²) in [5, 5.41) is 0.611. The highest BCUT2D eigenvalue weighted by Crippen LogP contribution is 2.17. The van der Waals surface area contributed by atoms with E-state index in [-0.39, 0.29) is 5.15 Å². The zero-order valence-electron chi connectivity index (χ0n) is 5.84. The van der Waals surface area contributed by atoms with Crippen LogP contribution >= 0.6 is 23.2 Å². The molecule has 0 unspecified atom stereocenters. The van der Waals surface area contributed by atoms with Gasteiger partial charge in [0.1, 0.15) is 6.61 Å². The van der Waals surface area contributed by atoms with E-state index in [0.717, 1.165) is 0 Å². The fourth-order valence-corrected chi connectivity index (χ4v) is 0.816. The Labute approximate surface area is 74.3 Å². The smallest absolute Gasteiger partial charge is 0.155 e. The maximum absolute atomic E-state index is 5.61. The first-order valence-corrected chi connectivity index (χ1v) is 3.65. The number of nitrogens with zero attached hydrogens (tertiary/aromatic N) is 2. The molecule has 1 aromatic heterocycles. The second-order valence-corrected chi connectivity index (χ2v) is 2.62. The third kappa shape index (κ3) is 2.29. The van der Waals surface area contributed by atoms with Crippen molar-refractivity contribution in [2.24, 2.45) is 0 Å². The van der Waals surface area contributed by atoms with Gasteiger partial charge in [0.2, 0.25) is 0 Å². The van der Waals surface area contributed by atoms with Gasteiger partial charge in [0.05, 0.1) is 11.2 Å². The summed E-state index contributed by atoms with van der Waals surface area (Å²) in [5.74, 6) is 0.530. The van der Waals surface area contributed by atoms with E-state index >= 15 is 0 Å². The van der Waals surface area contributed by atoms with Crippen molar-refractivity contribution in [2.45, 2.75) is 6.61 Å². The third-order valence-corrected chi connectivity index (χ3v) is 1.69. The maximum Gasteiger partial charge on any atom is 0.155 e. The van der Waals surface area contributed by atoms with Gasteiger partial charge in [0.15, 0.2) is 11.0 Å². The lowest BCUT2D eigenvalue weighted by Crippen LogP contribution is -1.96. The molecule has 0 aliphatic heterocycles. The quantitative estimate of drug-likeness (QED) is 0.673. The average molecular weight is 193 g/mol. The highest BCUT2D eigenvalue weighted by atomic mass is 35.5. The summed E-state index contributed by atoms with van der Waals surface area (Å²) in [6.45, 7) is 0.344. The Morgan fingerprint density at radius 1 is 1.55 bits per heavy atom. The molecule has 0 atom stereocenters. The van der Waals surface area contributed by atoms with E-state index in [2.05, 4.69) is 9.97 Å². The summed E-state index contributed by atoms with van der Waals surface area (Å²) in [7, 11) is 1.56. The Kier molecular flexibility index (Phi) is 3.05. The molecule has 0 aromatic carbocycles. The molecule has 0 radical (unpaired) electrons. The fourth-order valence-electron chi connectivity index (χ4n) is 0.579. The van der Waals surface area contributed by atoms with Gasteiger partial charge in [-0.25, -0.2) is 9.97 Å². The van der Waals surface area contributed by atoms with Crippen LogP contribution in [0.25, 0.3) is 0 Å². The summed E-state index contributed by atoms with van der Waals surface area (Å²) < 4.78 is 4.80. The molecule has 1 aromatic rings. The molecule has 5 heteroatoms. The van der Waals surface area contributed by atoms with Crippen molar-refractivity contribution < 1.29 is 4.74 Å². The number of aromatic nitrogens is 2. The Balaban J connectivity index is 2.86. The van der Waals surface area contributed by atoms with Gasteiger partial charge in [0.25, 0.3) is 0 Å². The number of halogens is 2. The van der Waals surface area contributed by atoms with Gasteiger partial charge in [-0.1, -0.05) is 23.2 Å². The molecule has 0 spiro atoms. The van der Waals surface area contributed by atoms with Crippen LogP contribution in [0.4, 0.5) is 0 Å². The van der Waals surface area contributed by atoms with Gasteiger partial charge in [-0.2, -0.15) is 0 Å². The van der Waals surface area contributed by atoms with Crippen molar-refractivity contribution in [3.63, 3.8) is 0 Å². The highest BCUT2D eigenvalue weighted by Gasteiger charge is 2.01. The van der Waals surface area contributed by atoms with Crippen molar-refractivity contribution in [2.75, 3.05) is 7.11 Å². The van der Waals surface area contributed by atoms with Crippen molar-refractivity contribution in [1.29, 1.82) is 0 Å². The van der Waals surface area contributed by atoms with Crippen molar-refractivity contribution >= 4 is 23.2 Å². The molecule has 0 N–H and O–H groups in total. The van der Waals surface area contributed by atoms with Gasteiger partial charge in [-0.3, -0.25) is 0 Å². The van der Waals surface area contributed by atoms with E-state index in [1.165, 1.54) is 6.20 Å². The average Bonchev–Trinajstić information content (AvgIpc) is 1.98. The van der Waals surface area contributed by atoms with Gasteiger partial charge < -0.3 is 4.74 Å². The number of hydrogen-bond acceptors (Lipinski definition) is 3. The Morgan fingerprint density at radius 2 is 2.27 bits per heavy atom. The standard InChI is InChI=1S/C6H6Cl2N2O/c1-11-3-5-9-2-4(7)6(8)10-5/h2H,3H2,1H3. The first kappa shape index (κ1) is 8.71. The Hall–Kier alpha value is -0.380. The molecule has 0 saturated carbocycles. The summed E-state index contributed by atoms with van der Waals surface area (Å²) in [6.07, 6.45) is 1.45.